The van der Waals surface area contributed by atoms with E-state index in [0.717, 1.165) is 25.9 Å². The Morgan fingerprint density at radius 3 is 2.44 bits per heavy atom. The molecule has 0 spiro atoms. The van der Waals surface area contributed by atoms with Crippen LogP contribution < -0.4 is 10.6 Å². The molecule has 2 rings (SSSR count). The van der Waals surface area contributed by atoms with Gasteiger partial charge in [-0.1, -0.05) is 18.9 Å². The first-order chi connectivity index (χ1) is 8.72. The first-order valence-electron chi connectivity index (χ1n) is 6.37. The van der Waals surface area contributed by atoms with Crippen molar-refractivity contribution in [3.05, 3.63) is 35.0 Å². The maximum absolute atomic E-state index is 14.1. The highest BCUT2D eigenvalue weighted by atomic mass is 32.1. The molecule has 18 heavy (non-hydrogen) atoms. The Bertz CT molecular complexity index is 437. The molecule has 2 N–H and O–H groups in total. The minimum Gasteiger partial charge on any atom is -0.398 e. The molecule has 0 saturated carbocycles. The van der Waals surface area contributed by atoms with E-state index in [9.17, 15) is 4.39 Å². The van der Waals surface area contributed by atoms with E-state index in [1.807, 2.05) is 12.1 Å². The number of rotatable bonds is 2. The number of anilines is 1. The summed E-state index contributed by atoms with van der Waals surface area (Å²) in [6, 6.07) is 5.16. The number of thiol groups is 1. The van der Waals surface area contributed by atoms with E-state index in [0.29, 0.717) is 16.9 Å². The predicted octanol–water partition coefficient (Wildman–Crippen LogP) is 3.39. The van der Waals surface area contributed by atoms with Crippen LogP contribution in [0.15, 0.2) is 23.6 Å². The summed E-state index contributed by atoms with van der Waals surface area (Å²) in [5.41, 5.74) is 7.58. The number of halogens is 1. The highest BCUT2D eigenvalue weighted by molar-refractivity contribution is 7.83. The molecule has 98 valence electrons. The van der Waals surface area contributed by atoms with Crippen LogP contribution in [0.5, 0.6) is 0 Å². The van der Waals surface area contributed by atoms with Crippen molar-refractivity contribution in [2.24, 2.45) is 5.73 Å². The monoisotopic (exact) mass is 266 g/mol. The molecule has 0 atom stereocenters. The van der Waals surface area contributed by atoms with Gasteiger partial charge in [-0.3, -0.25) is 0 Å². The normalized spacial score (nSPS) is 17.7. The summed E-state index contributed by atoms with van der Waals surface area (Å²) in [5.74, 6) is -0.201. The molecule has 1 aromatic rings. The van der Waals surface area contributed by atoms with E-state index in [2.05, 4.69) is 17.5 Å². The smallest absolute Gasteiger partial charge is 0.147 e. The lowest BCUT2D eigenvalue weighted by molar-refractivity contribution is 0.616. The Labute approximate surface area is 113 Å². The predicted molar refractivity (Wildman–Crippen MR) is 78.2 cm³/mol. The van der Waals surface area contributed by atoms with Gasteiger partial charge in [-0.05, 0) is 30.4 Å². The van der Waals surface area contributed by atoms with Gasteiger partial charge in [-0.25, -0.2) is 4.39 Å². The fraction of sp³-hybridized carbons (Fsp3) is 0.429. The minimum atomic E-state index is -0.201. The zero-order chi connectivity index (χ0) is 13.0. The molecule has 1 aromatic carbocycles. The maximum Gasteiger partial charge on any atom is 0.147 e. The first kappa shape index (κ1) is 13.3. The largest absolute Gasteiger partial charge is 0.398 e. The highest BCUT2D eigenvalue weighted by Gasteiger charge is 2.14. The van der Waals surface area contributed by atoms with Gasteiger partial charge in [0, 0.05) is 24.4 Å². The Kier molecular flexibility index (Phi) is 4.53. The van der Waals surface area contributed by atoms with Gasteiger partial charge in [0.1, 0.15) is 5.82 Å². The third-order valence-electron chi connectivity index (χ3n) is 3.37. The summed E-state index contributed by atoms with van der Waals surface area (Å²) in [4.78, 5) is 2.13. The van der Waals surface area contributed by atoms with Crippen LogP contribution in [-0.2, 0) is 0 Å². The van der Waals surface area contributed by atoms with Gasteiger partial charge in [-0.2, -0.15) is 0 Å². The van der Waals surface area contributed by atoms with Gasteiger partial charge < -0.3 is 10.6 Å². The molecule has 0 radical (unpaired) electrons. The minimum absolute atomic E-state index is 0.201. The number of nitrogens with zero attached hydrogens (tertiary/aromatic N) is 1. The van der Waals surface area contributed by atoms with Crippen LogP contribution in [0.25, 0.3) is 5.70 Å². The zero-order valence-electron chi connectivity index (χ0n) is 10.4. The lowest BCUT2D eigenvalue weighted by atomic mass is 10.1. The van der Waals surface area contributed by atoms with E-state index in [1.54, 1.807) is 0 Å². The van der Waals surface area contributed by atoms with Crippen LogP contribution in [0, 0.1) is 5.82 Å². The van der Waals surface area contributed by atoms with E-state index in [4.69, 9.17) is 5.73 Å². The molecule has 1 heterocycles. The van der Waals surface area contributed by atoms with Gasteiger partial charge in [0.05, 0.1) is 5.69 Å². The van der Waals surface area contributed by atoms with Gasteiger partial charge in [-0.15, -0.1) is 12.6 Å². The van der Waals surface area contributed by atoms with Crippen molar-refractivity contribution >= 4 is 24.0 Å². The SMILES string of the molecule is N/C(=C\S)c1ccc(N2CCCCCC2)c(F)c1. The fourth-order valence-corrected chi connectivity index (χ4v) is 2.48. The van der Waals surface area contributed by atoms with Crippen molar-refractivity contribution in [1.82, 2.24) is 0 Å². The van der Waals surface area contributed by atoms with Gasteiger partial charge in [0.2, 0.25) is 0 Å². The van der Waals surface area contributed by atoms with Crippen molar-refractivity contribution in [3.8, 4) is 0 Å². The van der Waals surface area contributed by atoms with Crippen LogP contribution in [0.4, 0.5) is 10.1 Å². The average Bonchev–Trinajstić information content (AvgIpc) is 2.66. The molecular weight excluding hydrogens is 247 g/mol. The summed E-state index contributed by atoms with van der Waals surface area (Å²) in [6.45, 7) is 1.88. The summed E-state index contributed by atoms with van der Waals surface area (Å²) < 4.78 is 14.1. The molecule has 0 amide bonds. The summed E-state index contributed by atoms with van der Waals surface area (Å²) in [6.07, 6.45) is 4.76. The molecule has 0 bridgehead atoms. The van der Waals surface area contributed by atoms with Crippen molar-refractivity contribution in [3.63, 3.8) is 0 Å². The summed E-state index contributed by atoms with van der Waals surface area (Å²) in [7, 11) is 0. The fourth-order valence-electron chi connectivity index (χ4n) is 2.33. The number of nitrogens with two attached hydrogens (primary N) is 1. The highest BCUT2D eigenvalue weighted by Crippen LogP contribution is 2.25. The molecule has 0 aliphatic carbocycles. The second kappa shape index (κ2) is 6.14. The average molecular weight is 266 g/mol. The molecule has 0 unspecified atom stereocenters. The van der Waals surface area contributed by atoms with E-state index < -0.39 is 0 Å². The molecule has 4 heteroatoms. The van der Waals surface area contributed by atoms with Crippen molar-refractivity contribution in [2.75, 3.05) is 18.0 Å². The van der Waals surface area contributed by atoms with E-state index >= 15 is 0 Å². The molecule has 2 nitrogen and oxygen atoms in total. The van der Waals surface area contributed by atoms with Crippen LogP contribution >= 0.6 is 12.6 Å². The number of hydrogen-bond donors (Lipinski definition) is 2. The second-order valence-corrected chi connectivity index (χ2v) is 4.91. The quantitative estimate of drug-likeness (QED) is 0.803. The van der Waals surface area contributed by atoms with Crippen molar-refractivity contribution < 1.29 is 4.39 Å². The molecule has 1 saturated heterocycles. The van der Waals surface area contributed by atoms with Crippen molar-refractivity contribution in [2.45, 2.75) is 25.7 Å². The zero-order valence-corrected chi connectivity index (χ0v) is 11.3. The van der Waals surface area contributed by atoms with Crippen LogP contribution in [-0.4, -0.2) is 13.1 Å². The molecule has 1 aliphatic rings. The second-order valence-electron chi connectivity index (χ2n) is 4.65. The lowest BCUT2D eigenvalue weighted by Gasteiger charge is -2.23. The van der Waals surface area contributed by atoms with Crippen LogP contribution in [0.2, 0.25) is 0 Å². The lowest BCUT2D eigenvalue weighted by Crippen LogP contribution is -2.24. The first-order valence-corrected chi connectivity index (χ1v) is 6.89. The Morgan fingerprint density at radius 1 is 1.22 bits per heavy atom. The van der Waals surface area contributed by atoms with Crippen LogP contribution in [0.3, 0.4) is 0 Å². The van der Waals surface area contributed by atoms with Crippen molar-refractivity contribution in [1.29, 1.82) is 0 Å². The third kappa shape index (κ3) is 2.99. The standard InChI is InChI=1S/C14H19FN2S/c15-12-9-11(13(16)10-18)5-6-14(12)17-7-3-1-2-4-8-17/h5-6,9-10,18H,1-4,7-8,16H2/b13-10-. The molecule has 1 fully saturated rings. The Hall–Kier alpha value is -1.16. The summed E-state index contributed by atoms with van der Waals surface area (Å²) in [5, 5.41) is 1.49. The Morgan fingerprint density at radius 2 is 1.89 bits per heavy atom. The molecule has 0 aromatic heterocycles. The number of benzene rings is 1. The van der Waals surface area contributed by atoms with Gasteiger partial charge >= 0.3 is 0 Å². The van der Waals surface area contributed by atoms with E-state index in [1.165, 1.54) is 24.3 Å². The topological polar surface area (TPSA) is 29.3 Å². The Balaban J connectivity index is 2.23. The number of hydrogen-bond acceptors (Lipinski definition) is 3. The maximum atomic E-state index is 14.1. The molecular formula is C14H19FN2S. The molecule has 1 aliphatic heterocycles. The van der Waals surface area contributed by atoms with Gasteiger partial charge in [0.15, 0.2) is 0 Å². The van der Waals surface area contributed by atoms with Crippen LogP contribution in [0.1, 0.15) is 31.2 Å². The van der Waals surface area contributed by atoms with E-state index in [-0.39, 0.29) is 5.82 Å². The summed E-state index contributed by atoms with van der Waals surface area (Å²) >= 11 is 3.98. The van der Waals surface area contributed by atoms with Gasteiger partial charge in [0.25, 0.3) is 0 Å². The third-order valence-corrected chi connectivity index (χ3v) is 3.65.